The second-order valence-electron chi connectivity index (χ2n) is 4.66. The first-order valence-electron chi connectivity index (χ1n) is 5.59. The molecule has 1 rings (SSSR count). The molecular formula is C11H18N2O4. The molecular weight excluding hydrogens is 224 g/mol. The molecule has 6 nitrogen and oxygen atoms in total. The Morgan fingerprint density at radius 2 is 2.06 bits per heavy atom. The molecule has 1 fully saturated rings. The zero-order valence-corrected chi connectivity index (χ0v) is 10.3. The van der Waals surface area contributed by atoms with Gasteiger partial charge in [0.05, 0.1) is 0 Å². The molecule has 2 amide bonds. The van der Waals surface area contributed by atoms with Crippen LogP contribution in [-0.4, -0.2) is 46.9 Å². The van der Waals surface area contributed by atoms with Crippen molar-refractivity contribution in [1.29, 1.82) is 0 Å². The van der Waals surface area contributed by atoms with Crippen molar-refractivity contribution in [3.8, 4) is 0 Å². The summed E-state index contributed by atoms with van der Waals surface area (Å²) in [6.07, 6.45) is 0.942. The molecule has 1 saturated heterocycles. The van der Waals surface area contributed by atoms with E-state index in [1.807, 2.05) is 0 Å². The van der Waals surface area contributed by atoms with Gasteiger partial charge >= 0.3 is 5.97 Å². The third kappa shape index (κ3) is 2.40. The maximum atomic E-state index is 12.0. The molecule has 17 heavy (non-hydrogen) atoms. The third-order valence-corrected chi connectivity index (χ3v) is 3.19. The van der Waals surface area contributed by atoms with Gasteiger partial charge in [0.1, 0.15) is 11.5 Å². The van der Waals surface area contributed by atoms with Gasteiger partial charge in [-0.15, -0.1) is 0 Å². The summed E-state index contributed by atoms with van der Waals surface area (Å²) in [5.74, 6) is -2.91. The Morgan fingerprint density at radius 3 is 2.53 bits per heavy atom. The van der Waals surface area contributed by atoms with Crippen molar-refractivity contribution in [3.63, 3.8) is 0 Å². The fourth-order valence-corrected chi connectivity index (χ4v) is 2.09. The molecule has 0 bridgehead atoms. The second kappa shape index (κ2) is 4.73. The maximum absolute atomic E-state index is 12.0. The summed E-state index contributed by atoms with van der Waals surface area (Å²) in [5, 5.41) is 11.4. The van der Waals surface area contributed by atoms with Gasteiger partial charge < -0.3 is 15.3 Å². The lowest BCUT2D eigenvalue weighted by Crippen LogP contribution is -2.60. The number of aliphatic carboxylic acids is 1. The number of likely N-dealkylation sites (N-methyl/N-ethyl adjacent to an activating group) is 1. The fraction of sp³-hybridized carbons (Fsp3) is 0.727. The van der Waals surface area contributed by atoms with E-state index in [1.54, 1.807) is 13.8 Å². The zero-order valence-electron chi connectivity index (χ0n) is 10.3. The molecule has 96 valence electrons. The fourth-order valence-electron chi connectivity index (χ4n) is 2.09. The van der Waals surface area contributed by atoms with Crippen LogP contribution in [0.3, 0.4) is 0 Å². The minimum atomic E-state index is -1.12. The first-order valence-corrected chi connectivity index (χ1v) is 5.59. The molecule has 0 spiro atoms. The third-order valence-electron chi connectivity index (χ3n) is 3.19. The predicted molar refractivity (Wildman–Crippen MR) is 60.2 cm³/mol. The van der Waals surface area contributed by atoms with Crippen LogP contribution in [0.2, 0.25) is 0 Å². The highest BCUT2D eigenvalue weighted by Crippen LogP contribution is 2.25. The lowest BCUT2D eigenvalue weighted by molar-refractivity contribution is -0.160. The molecule has 1 heterocycles. The highest BCUT2D eigenvalue weighted by molar-refractivity contribution is 6.00. The van der Waals surface area contributed by atoms with Crippen LogP contribution < -0.4 is 5.32 Å². The van der Waals surface area contributed by atoms with Crippen LogP contribution in [0.1, 0.15) is 26.7 Å². The Hall–Kier alpha value is -1.59. The van der Waals surface area contributed by atoms with Crippen LogP contribution in [0.4, 0.5) is 0 Å². The van der Waals surface area contributed by atoms with Crippen LogP contribution >= 0.6 is 0 Å². The average Bonchev–Trinajstić information content (AvgIpc) is 2.27. The van der Waals surface area contributed by atoms with Gasteiger partial charge in [0.15, 0.2) is 0 Å². The highest BCUT2D eigenvalue weighted by Gasteiger charge is 2.43. The summed E-state index contributed by atoms with van der Waals surface area (Å²) in [6, 6.07) is 0. The van der Waals surface area contributed by atoms with Crippen LogP contribution in [-0.2, 0) is 14.4 Å². The largest absolute Gasteiger partial charge is 0.481 e. The maximum Gasteiger partial charge on any atom is 0.316 e. The summed E-state index contributed by atoms with van der Waals surface area (Å²) in [4.78, 5) is 36.0. The Balaban J connectivity index is 2.94. The standard InChI is InChI=1S/C11H18N2O4/c1-11(2,10(17)12-3)13-6-4-5-7(8(13)14)9(15)16/h7H,4-6H2,1-3H3,(H,12,17)(H,15,16). The van der Waals surface area contributed by atoms with Gasteiger partial charge in [0.2, 0.25) is 11.8 Å². The lowest BCUT2D eigenvalue weighted by Gasteiger charge is -2.41. The van der Waals surface area contributed by atoms with Crippen molar-refractivity contribution in [3.05, 3.63) is 0 Å². The first kappa shape index (κ1) is 13.5. The minimum absolute atomic E-state index is 0.295. The number of hydrogen-bond acceptors (Lipinski definition) is 3. The Labute approximate surface area is 100.0 Å². The molecule has 1 unspecified atom stereocenters. The summed E-state index contributed by atoms with van der Waals surface area (Å²) in [5.41, 5.74) is -1.01. The number of amides is 2. The lowest BCUT2D eigenvalue weighted by atomic mass is 9.91. The van der Waals surface area contributed by atoms with Crippen molar-refractivity contribution >= 4 is 17.8 Å². The SMILES string of the molecule is CNC(=O)C(C)(C)N1CCCC(C(=O)O)C1=O. The van der Waals surface area contributed by atoms with E-state index in [0.717, 1.165) is 0 Å². The quantitative estimate of drug-likeness (QED) is 0.673. The number of carbonyl (C=O) groups excluding carboxylic acids is 2. The number of piperidine rings is 1. The number of nitrogens with one attached hydrogen (secondary N) is 1. The molecule has 1 aliphatic heterocycles. The van der Waals surface area contributed by atoms with Crippen LogP contribution in [0, 0.1) is 5.92 Å². The van der Waals surface area contributed by atoms with E-state index >= 15 is 0 Å². The van der Waals surface area contributed by atoms with E-state index in [2.05, 4.69) is 5.32 Å². The molecule has 0 saturated carbocycles. The van der Waals surface area contributed by atoms with E-state index in [-0.39, 0.29) is 5.91 Å². The molecule has 0 aromatic heterocycles. The minimum Gasteiger partial charge on any atom is -0.481 e. The Kier molecular flexibility index (Phi) is 3.75. The Bertz CT molecular complexity index is 351. The van der Waals surface area contributed by atoms with Crippen molar-refractivity contribution in [1.82, 2.24) is 10.2 Å². The van der Waals surface area contributed by atoms with E-state index in [9.17, 15) is 14.4 Å². The summed E-state index contributed by atoms with van der Waals surface area (Å²) in [6.45, 7) is 3.66. The average molecular weight is 242 g/mol. The molecule has 0 aromatic rings. The highest BCUT2D eigenvalue weighted by atomic mass is 16.4. The van der Waals surface area contributed by atoms with E-state index < -0.39 is 23.3 Å². The topological polar surface area (TPSA) is 86.7 Å². The van der Waals surface area contributed by atoms with Gasteiger partial charge in [-0.05, 0) is 26.7 Å². The van der Waals surface area contributed by atoms with Gasteiger partial charge in [-0.2, -0.15) is 0 Å². The number of carbonyl (C=O) groups is 3. The molecule has 6 heteroatoms. The number of hydrogen-bond donors (Lipinski definition) is 2. The van der Waals surface area contributed by atoms with Crippen molar-refractivity contribution in [2.45, 2.75) is 32.2 Å². The number of carboxylic acid groups (broad SMARTS) is 1. The van der Waals surface area contributed by atoms with E-state index in [0.29, 0.717) is 19.4 Å². The van der Waals surface area contributed by atoms with Crippen molar-refractivity contribution < 1.29 is 19.5 Å². The molecule has 2 N–H and O–H groups in total. The zero-order chi connectivity index (χ0) is 13.2. The normalized spacial score (nSPS) is 21.2. The van der Waals surface area contributed by atoms with E-state index in [4.69, 9.17) is 5.11 Å². The number of nitrogens with zero attached hydrogens (tertiary/aromatic N) is 1. The van der Waals surface area contributed by atoms with Crippen LogP contribution in [0.5, 0.6) is 0 Å². The van der Waals surface area contributed by atoms with Gasteiger partial charge in [0, 0.05) is 13.6 Å². The smallest absolute Gasteiger partial charge is 0.316 e. The van der Waals surface area contributed by atoms with Crippen molar-refractivity contribution in [2.75, 3.05) is 13.6 Å². The Morgan fingerprint density at radius 1 is 1.47 bits per heavy atom. The summed E-state index contributed by atoms with van der Waals surface area (Å²) < 4.78 is 0. The van der Waals surface area contributed by atoms with Crippen molar-refractivity contribution in [2.24, 2.45) is 5.92 Å². The first-order chi connectivity index (χ1) is 7.82. The van der Waals surface area contributed by atoms with Gasteiger partial charge in [-0.3, -0.25) is 14.4 Å². The van der Waals surface area contributed by atoms with Crippen LogP contribution in [0.15, 0.2) is 0 Å². The molecule has 0 radical (unpaired) electrons. The monoisotopic (exact) mass is 242 g/mol. The number of rotatable bonds is 3. The summed E-state index contributed by atoms with van der Waals surface area (Å²) in [7, 11) is 1.49. The summed E-state index contributed by atoms with van der Waals surface area (Å²) >= 11 is 0. The second-order valence-corrected chi connectivity index (χ2v) is 4.66. The number of likely N-dealkylation sites (tertiary alicyclic amines) is 1. The van der Waals surface area contributed by atoms with Gasteiger partial charge in [-0.25, -0.2) is 0 Å². The number of carboxylic acids is 1. The molecule has 1 atom stereocenters. The molecule has 0 aromatic carbocycles. The molecule has 0 aliphatic carbocycles. The van der Waals surface area contributed by atoms with Crippen LogP contribution in [0.25, 0.3) is 0 Å². The van der Waals surface area contributed by atoms with Gasteiger partial charge in [-0.1, -0.05) is 0 Å². The predicted octanol–water partition coefficient (Wildman–Crippen LogP) is -0.166. The molecule has 1 aliphatic rings. The van der Waals surface area contributed by atoms with Gasteiger partial charge in [0.25, 0.3) is 0 Å². The van der Waals surface area contributed by atoms with E-state index in [1.165, 1.54) is 11.9 Å².